The van der Waals surface area contributed by atoms with Crippen LogP contribution < -0.4 is 5.32 Å². The van der Waals surface area contributed by atoms with Gasteiger partial charge >= 0.3 is 5.97 Å². The molecule has 3 atom stereocenters. The lowest BCUT2D eigenvalue weighted by molar-refractivity contribution is -0.151. The van der Waals surface area contributed by atoms with Crippen LogP contribution >= 0.6 is 0 Å². The fourth-order valence-electron chi connectivity index (χ4n) is 7.29. The molecule has 0 heterocycles. The molecule has 0 radical (unpaired) electrons. The van der Waals surface area contributed by atoms with Gasteiger partial charge in [0.25, 0.3) is 0 Å². The number of rotatable bonds is 45. The van der Waals surface area contributed by atoms with Gasteiger partial charge in [-0.05, 0) is 89.9 Å². The van der Waals surface area contributed by atoms with Crippen LogP contribution in [0.5, 0.6) is 0 Å². The molecular formula is C57H97NO5. The zero-order chi connectivity index (χ0) is 45.9. The molecule has 0 saturated heterocycles. The standard InChI is InChI=1S/C57H97NO5/c1-4-7-10-13-16-19-22-24-26-28-30-32-35-38-41-44-47-50-57(62)63-53(48-45-42-39-36-34-31-29-27-25-23-20-17-14-11-8-5-2)51-56(61)58-54(52-59)55(60)49-46-43-40-37-33-21-18-15-12-9-6-3/h7,10,16,19,23-27,29-32,34,38,41,53-55,59-60H,4-6,8-9,11-15,17-18,20-22,28,33,35-37,39-40,42-52H2,1-3H3,(H,58,61)/b10-7-,19-16-,25-23+,26-24-,29-27+,32-30-,34-31+,41-38-. The average molecular weight is 876 g/mol. The number of hydrogen-bond acceptors (Lipinski definition) is 5. The molecule has 0 bridgehead atoms. The Morgan fingerprint density at radius 3 is 1.43 bits per heavy atom. The summed E-state index contributed by atoms with van der Waals surface area (Å²) in [6.45, 7) is 6.32. The maximum absolute atomic E-state index is 13.2. The minimum atomic E-state index is -0.811. The van der Waals surface area contributed by atoms with Crippen molar-refractivity contribution in [2.24, 2.45) is 0 Å². The number of nitrogens with one attached hydrogen (secondary N) is 1. The number of amides is 1. The Labute approximate surface area is 388 Å². The summed E-state index contributed by atoms with van der Waals surface area (Å²) >= 11 is 0. The van der Waals surface area contributed by atoms with E-state index in [4.69, 9.17) is 4.74 Å². The lowest BCUT2D eigenvalue weighted by Crippen LogP contribution is -2.46. The van der Waals surface area contributed by atoms with Crippen molar-refractivity contribution in [2.45, 2.75) is 244 Å². The summed E-state index contributed by atoms with van der Waals surface area (Å²) in [7, 11) is 0. The SMILES string of the molecule is CC/C=C\C/C=C\C/C=C\C/C=C\C/C=C\CCCC(=O)OC(CCCCC/C=C/C=C/C=C/CCCCCCC)CC(=O)NC(CO)C(O)CCCCCCCCCCCCC. The van der Waals surface area contributed by atoms with Gasteiger partial charge < -0.3 is 20.3 Å². The first kappa shape index (κ1) is 59.8. The number of allylic oxidation sites excluding steroid dienone is 16. The molecule has 1 amide bonds. The summed E-state index contributed by atoms with van der Waals surface area (Å²) in [4.78, 5) is 26.1. The molecular weight excluding hydrogens is 779 g/mol. The lowest BCUT2D eigenvalue weighted by Gasteiger charge is -2.24. The number of unbranched alkanes of at least 4 members (excludes halogenated alkanes) is 19. The van der Waals surface area contributed by atoms with Crippen molar-refractivity contribution in [1.29, 1.82) is 0 Å². The summed E-state index contributed by atoms with van der Waals surface area (Å²) in [6.07, 6.45) is 66.1. The van der Waals surface area contributed by atoms with Gasteiger partial charge in [-0.25, -0.2) is 0 Å². The molecule has 6 nitrogen and oxygen atoms in total. The van der Waals surface area contributed by atoms with Crippen molar-refractivity contribution in [1.82, 2.24) is 5.32 Å². The Balaban J connectivity index is 4.78. The quantitative estimate of drug-likeness (QED) is 0.0245. The predicted molar refractivity (Wildman–Crippen MR) is 273 cm³/mol. The van der Waals surface area contributed by atoms with Gasteiger partial charge in [-0.1, -0.05) is 221 Å². The van der Waals surface area contributed by atoms with Crippen molar-refractivity contribution in [3.63, 3.8) is 0 Å². The number of ether oxygens (including phenoxy) is 1. The second kappa shape index (κ2) is 49.8. The van der Waals surface area contributed by atoms with E-state index in [1.165, 1.54) is 83.5 Å². The molecule has 0 saturated carbocycles. The zero-order valence-corrected chi connectivity index (χ0v) is 40.9. The van der Waals surface area contributed by atoms with Crippen LogP contribution in [0, 0.1) is 0 Å². The Hall–Kier alpha value is -3.22. The summed E-state index contributed by atoms with van der Waals surface area (Å²) in [5, 5.41) is 23.7. The van der Waals surface area contributed by atoms with Gasteiger partial charge in [-0.3, -0.25) is 9.59 Å². The Kier molecular flexibility index (Phi) is 47.2. The van der Waals surface area contributed by atoms with Gasteiger partial charge in [-0.15, -0.1) is 0 Å². The summed E-state index contributed by atoms with van der Waals surface area (Å²) in [5.74, 6) is -0.584. The van der Waals surface area contributed by atoms with Gasteiger partial charge in [-0.2, -0.15) is 0 Å². The molecule has 0 aromatic carbocycles. The predicted octanol–water partition coefficient (Wildman–Crippen LogP) is 15.7. The zero-order valence-electron chi connectivity index (χ0n) is 40.9. The van der Waals surface area contributed by atoms with Crippen LogP contribution in [0.1, 0.15) is 226 Å². The first-order chi connectivity index (χ1) is 31.0. The highest BCUT2D eigenvalue weighted by Gasteiger charge is 2.24. The smallest absolute Gasteiger partial charge is 0.306 e. The van der Waals surface area contributed by atoms with Gasteiger partial charge in [0, 0.05) is 6.42 Å². The molecule has 0 aliphatic heterocycles. The van der Waals surface area contributed by atoms with E-state index in [0.29, 0.717) is 25.7 Å². The minimum absolute atomic E-state index is 0.0269. The molecule has 3 N–H and O–H groups in total. The van der Waals surface area contributed by atoms with Crippen LogP contribution in [0.15, 0.2) is 97.2 Å². The van der Waals surface area contributed by atoms with Gasteiger partial charge in [0.05, 0.1) is 25.2 Å². The molecule has 0 aromatic heterocycles. The van der Waals surface area contributed by atoms with Crippen molar-refractivity contribution >= 4 is 11.9 Å². The second-order valence-electron chi connectivity index (χ2n) is 17.2. The molecule has 0 rings (SSSR count). The maximum Gasteiger partial charge on any atom is 0.306 e. The second-order valence-corrected chi connectivity index (χ2v) is 17.2. The van der Waals surface area contributed by atoms with E-state index in [2.05, 4.69) is 123 Å². The molecule has 0 aliphatic carbocycles. The highest BCUT2D eigenvalue weighted by atomic mass is 16.5. The molecule has 360 valence electrons. The topological polar surface area (TPSA) is 95.9 Å². The average Bonchev–Trinajstić information content (AvgIpc) is 3.28. The van der Waals surface area contributed by atoms with E-state index in [-0.39, 0.29) is 24.9 Å². The van der Waals surface area contributed by atoms with Crippen molar-refractivity contribution in [2.75, 3.05) is 6.61 Å². The Morgan fingerprint density at radius 1 is 0.492 bits per heavy atom. The van der Waals surface area contributed by atoms with Crippen LogP contribution in [0.25, 0.3) is 0 Å². The van der Waals surface area contributed by atoms with Crippen LogP contribution in [-0.2, 0) is 14.3 Å². The first-order valence-electron chi connectivity index (χ1n) is 26.0. The largest absolute Gasteiger partial charge is 0.462 e. The van der Waals surface area contributed by atoms with E-state index in [9.17, 15) is 19.8 Å². The number of aliphatic hydroxyl groups excluding tert-OH is 2. The van der Waals surface area contributed by atoms with Crippen LogP contribution in [-0.4, -0.2) is 46.9 Å². The summed E-state index contributed by atoms with van der Waals surface area (Å²) < 4.78 is 5.89. The molecule has 3 unspecified atom stereocenters. The number of aliphatic hydroxyl groups is 2. The van der Waals surface area contributed by atoms with Crippen LogP contribution in [0.4, 0.5) is 0 Å². The van der Waals surface area contributed by atoms with E-state index in [1.807, 2.05) is 0 Å². The molecule has 0 aliphatic rings. The number of hydrogen-bond donors (Lipinski definition) is 3. The van der Waals surface area contributed by atoms with E-state index in [1.54, 1.807) is 0 Å². The van der Waals surface area contributed by atoms with Crippen LogP contribution in [0.3, 0.4) is 0 Å². The first-order valence-corrected chi connectivity index (χ1v) is 26.0. The van der Waals surface area contributed by atoms with E-state index < -0.39 is 18.2 Å². The number of carbonyl (C=O) groups is 2. The fraction of sp³-hybridized carbons (Fsp3) is 0.684. The summed E-state index contributed by atoms with van der Waals surface area (Å²) in [6, 6.07) is -0.729. The monoisotopic (exact) mass is 876 g/mol. The van der Waals surface area contributed by atoms with Crippen molar-refractivity contribution in [3.8, 4) is 0 Å². The van der Waals surface area contributed by atoms with Crippen molar-refractivity contribution < 1.29 is 24.5 Å². The Morgan fingerprint density at radius 2 is 0.921 bits per heavy atom. The minimum Gasteiger partial charge on any atom is -0.462 e. The molecule has 63 heavy (non-hydrogen) atoms. The van der Waals surface area contributed by atoms with Gasteiger partial charge in [0.2, 0.25) is 5.91 Å². The van der Waals surface area contributed by atoms with Crippen LogP contribution in [0.2, 0.25) is 0 Å². The lowest BCUT2D eigenvalue weighted by atomic mass is 10.0. The molecule has 0 fully saturated rings. The fourth-order valence-corrected chi connectivity index (χ4v) is 7.29. The third-order valence-electron chi connectivity index (χ3n) is 11.2. The number of carbonyl (C=O) groups excluding carboxylic acids is 2. The molecule has 6 heteroatoms. The number of esters is 1. The van der Waals surface area contributed by atoms with Gasteiger partial charge in [0.1, 0.15) is 6.10 Å². The summed E-state index contributed by atoms with van der Waals surface area (Å²) in [5.41, 5.74) is 0. The van der Waals surface area contributed by atoms with Crippen molar-refractivity contribution in [3.05, 3.63) is 97.2 Å². The molecule has 0 spiro atoms. The Bertz CT molecular complexity index is 1260. The molecule has 0 aromatic rings. The van der Waals surface area contributed by atoms with Gasteiger partial charge in [0.15, 0.2) is 0 Å². The third-order valence-corrected chi connectivity index (χ3v) is 11.2. The maximum atomic E-state index is 13.2. The third kappa shape index (κ3) is 45.2. The highest BCUT2D eigenvalue weighted by molar-refractivity contribution is 5.77. The van der Waals surface area contributed by atoms with E-state index in [0.717, 1.165) is 89.9 Å². The highest BCUT2D eigenvalue weighted by Crippen LogP contribution is 2.16. The van der Waals surface area contributed by atoms with E-state index >= 15 is 0 Å². The normalized spacial score (nSPS) is 14.0.